The van der Waals surface area contributed by atoms with Crippen LogP contribution >= 0.6 is 11.8 Å². The van der Waals surface area contributed by atoms with E-state index in [1.165, 1.54) is 18.7 Å². The minimum absolute atomic E-state index is 0.0220. The molecule has 26 heavy (non-hydrogen) atoms. The second kappa shape index (κ2) is 9.77. The van der Waals surface area contributed by atoms with Crippen molar-refractivity contribution in [3.05, 3.63) is 65.2 Å². The lowest BCUT2D eigenvalue weighted by molar-refractivity contribution is -0.124. The molecule has 0 saturated carbocycles. The summed E-state index contributed by atoms with van der Waals surface area (Å²) in [5.74, 6) is -0.645. The highest BCUT2D eigenvalue weighted by molar-refractivity contribution is 8.00. The second-order valence-corrected chi connectivity index (χ2v) is 6.78. The molecule has 2 aromatic rings. The molecule has 0 radical (unpaired) electrons. The number of nitrogens with one attached hydrogen (secondary N) is 1. The highest BCUT2D eigenvalue weighted by Crippen LogP contribution is 2.23. The van der Waals surface area contributed by atoms with Crippen molar-refractivity contribution >= 4 is 29.4 Å². The molecule has 0 heterocycles. The summed E-state index contributed by atoms with van der Waals surface area (Å²) in [4.78, 5) is 36.0. The Morgan fingerprint density at radius 3 is 2.46 bits per heavy atom. The third kappa shape index (κ3) is 6.04. The van der Waals surface area contributed by atoms with Crippen LogP contribution in [0.3, 0.4) is 0 Å². The van der Waals surface area contributed by atoms with E-state index in [0.717, 1.165) is 11.1 Å². The van der Waals surface area contributed by atoms with Crippen molar-refractivity contribution in [1.29, 1.82) is 0 Å². The smallest absolute Gasteiger partial charge is 0.339 e. The molecule has 1 N–H and O–H groups in total. The first-order chi connectivity index (χ1) is 12.5. The number of esters is 1. The minimum atomic E-state index is -0.581. The molecule has 0 fully saturated rings. The van der Waals surface area contributed by atoms with Gasteiger partial charge in [0.25, 0.3) is 5.91 Å². The van der Waals surface area contributed by atoms with Gasteiger partial charge >= 0.3 is 5.97 Å². The Morgan fingerprint density at radius 2 is 1.73 bits per heavy atom. The number of benzene rings is 2. The second-order valence-electron chi connectivity index (χ2n) is 5.77. The molecule has 0 bridgehead atoms. The van der Waals surface area contributed by atoms with Crippen molar-refractivity contribution in [2.24, 2.45) is 0 Å². The van der Waals surface area contributed by atoms with Crippen LogP contribution in [0, 0.1) is 6.92 Å². The first-order valence-corrected chi connectivity index (χ1v) is 9.15. The summed E-state index contributed by atoms with van der Waals surface area (Å²) in [6.07, 6.45) is 0. The van der Waals surface area contributed by atoms with Gasteiger partial charge in [-0.1, -0.05) is 36.4 Å². The van der Waals surface area contributed by atoms with Gasteiger partial charge in [0.15, 0.2) is 6.61 Å². The average molecular weight is 371 g/mol. The Balaban J connectivity index is 1.87. The van der Waals surface area contributed by atoms with Gasteiger partial charge in [-0.15, -0.1) is 11.8 Å². The maximum atomic E-state index is 12.2. The van der Waals surface area contributed by atoms with E-state index in [1.807, 2.05) is 31.2 Å². The molecule has 136 valence electrons. The number of thioether (sulfide) groups is 1. The van der Waals surface area contributed by atoms with E-state index in [-0.39, 0.29) is 24.1 Å². The van der Waals surface area contributed by atoms with Crippen LogP contribution < -0.4 is 5.32 Å². The fourth-order valence-corrected chi connectivity index (χ4v) is 3.04. The van der Waals surface area contributed by atoms with Gasteiger partial charge in [0.05, 0.1) is 11.3 Å². The first-order valence-electron chi connectivity index (χ1n) is 8.17. The Bertz CT molecular complexity index is 804. The van der Waals surface area contributed by atoms with Crippen LogP contribution in [0.15, 0.2) is 53.4 Å². The monoisotopic (exact) mass is 371 g/mol. The van der Waals surface area contributed by atoms with Gasteiger partial charge in [-0.3, -0.25) is 9.59 Å². The van der Waals surface area contributed by atoms with Gasteiger partial charge in [0, 0.05) is 11.4 Å². The van der Waals surface area contributed by atoms with Crippen molar-refractivity contribution in [2.75, 3.05) is 12.4 Å². The summed E-state index contributed by atoms with van der Waals surface area (Å²) < 4.78 is 5.11. The van der Waals surface area contributed by atoms with Crippen molar-refractivity contribution in [3.8, 4) is 0 Å². The van der Waals surface area contributed by atoms with E-state index >= 15 is 0 Å². The summed E-state index contributed by atoms with van der Waals surface area (Å²) in [6, 6.07) is 14.6. The number of hydrogen-bond donors (Lipinski definition) is 1. The summed E-state index contributed by atoms with van der Waals surface area (Å²) in [6.45, 7) is 3.49. The molecule has 6 heteroatoms. The van der Waals surface area contributed by atoms with Crippen LogP contribution in [0.1, 0.15) is 28.4 Å². The van der Waals surface area contributed by atoms with E-state index in [2.05, 4.69) is 5.32 Å². The lowest BCUT2D eigenvalue weighted by atomic mass is 10.1. The molecular weight excluding hydrogens is 350 g/mol. The molecule has 5 nitrogen and oxygen atoms in total. The largest absolute Gasteiger partial charge is 0.452 e. The summed E-state index contributed by atoms with van der Waals surface area (Å²) in [5, 5.41) is 2.74. The summed E-state index contributed by atoms with van der Waals surface area (Å²) >= 11 is 1.28. The fraction of sp³-hybridized carbons (Fsp3) is 0.250. The van der Waals surface area contributed by atoms with Gasteiger partial charge < -0.3 is 10.1 Å². The molecule has 0 aliphatic carbocycles. The number of ketones is 1. The van der Waals surface area contributed by atoms with E-state index < -0.39 is 5.97 Å². The highest BCUT2D eigenvalue weighted by atomic mass is 32.2. The molecule has 0 saturated heterocycles. The highest BCUT2D eigenvalue weighted by Gasteiger charge is 2.15. The van der Waals surface area contributed by atoms with E-state index in [1.54, 1.807) is 24.3 Å². The summed E-state index contributed by atoms with van der Waals surface area (Å²) in [7, 11) is 0. The van der Waals surface area contributed by atoms with Crippen LogP contribution in [-0.4, -0.2) is 30.0 Å². The predicted molar refractivity (Wildman–Crippen MR) is 101 cm³/mol. The Labute approximate surface area is 157 Å². The van der Waals surface area contributed by atoms with Crippen molar-refractivity contribution in [3.63, 3.8) is 0 Å². The minimum Gasteiger partial charge on any atom is -0.452 e. The van der Waals surface area contributed by atoms with Crippen LogP contribution in [-0.2, 0) is 20.9 Å². The van der Waals surface area contributed by atoms with Crippen molar-refractivity contribution in [1.82, 2.24) is 5.32 Å². The molecule has 1 amide bonds. The lowest BCUT2D eigenvalue weighted by Crippen LogP contribution is -2.28. The lowest BCUT2D eigenvalue weighted by Gasteiger charge is -2.10. The molecule has 0 aromatic heterocycles. The third-order valence-electron chi connectivity index (χ3n) is 3.61. The van der Waals surface area contributed by atoms with E-state index in [4.69, 9.17) is 4.74 Å². The van der Waals surface area contributed by atoms with Crippen LogP contribution in [0.4, 0.5) is 0 Å². The zero-order valence-electron chi connectivity index (χ0n) is 14.8. The zero-order valence-corrected chi connectivity index (χ0v) is 15.6. The maximum absolute atomic E-state index is 12.2. The molecule has 0 aliphatic heterocycles. The zero-order chi connectivity index (χ0) is 18.9. The third-order valence-corrected chi connectivity index (χ3v) is 4.83. The maximum Gasteiger partial charge on any atom is 0.339 e. The summed E-state index contributed by atoms with van der Waals surface area (Å²) in [5.41, 5.74) is 2.45. The van der Waals surface area contributed by atoms with Crippen LogP contribution in [0.25, 0.3) is 0 Å². The molecular formula is C20H21NO4S. The van der Waals surface area contributed by atoms with Gasteiger partial charge in [-0.2, -0.15) is 0 Å². The topological polar surface area (TPSA) is 72.5 Å². The normalized spacial score (nSPS) is 10.2. The first kappa shape index (κ1) is 19.7. The number of amides is 1. The standard InChI is InChI=1S/C20H21NO4S/c1-14-7-3-4-8-16(14)11-21-19(23)12-25-20(24)17-9-5-6-10-18(17)26-13-15(2)22/h3-10H,11-13H2,1-2H3,(H,21,23). The number of carbonyl (C=O) groups excluding carboxylic acids is 3. The SMILES string of the molecule is CC(=O)CSc1ccccc1C(=O)OCC(=O)NCc1ccccc1C. The van der Waals surface area contributed by atoms with E-state index in [9.17, 15) is 14.4 Å². The Hall–Kier alpha value is -2.60. The molecule has 2 rings (SSSR count). The number of ether oxygens (including phenoxy) is 1. The van der Waals surface area contributed by atoms with Crippen LogP contribution in [0.5, 0.6) is 0 Å². The number of aryl methyl sites for hydroxylation is 1. The number of rotatable bonds is 8. The van der Waals surface area contributed by atoms with E-state index in [0.29, 0.717) is 17.0 Å². The number of carbonyl (C=O) groups is 3. The Kier molecular flexibility index (Phi) is 7.41. The molecule has 0 aliphatic rings. The average Bonchev–Trinajstić information content (AvgIpc) is 2.64. The predicted octanol–water partition coefficient (Wildman–Crippen LogP) is 3.15. The number of Topliss-reactive ketones (excluding diaryl/α,β-unsaturated/α-hetero) is 1. The van der Waals surface area contributed by atoms with Gasteiger partial charge in [0.1, 0.15) is 5.78 Å². The quantitative estimate of drug-likeness (QED) is 0.570. The Morgan fingerprint density at radius 1 is 1.04 bits per heavy atom. The molecule has 0 unspecified atom stereocenters. The molecule has 0 spiro atoms. The van der Waals surface area contributed by atoms with Crippen molar-refractivity contribution in [2.45, 2.75) is 25.3 Å². The molecule has 2 aromatic carbocycles. The van der Waals surface area contributed by atoms with Crippen molar-refractivity contribution < 1.29 is 19.1 Å². The van der Waals surface area contributed by atoms with Gasteiger partial charge in [0.2, 0.25) is 0 Å². The van der Waals surface area contributed by atoms with Crippen LogP contribution in [0.2, 0.25) is 0 Å². The van der Waals surface area contributed by atoms with Gasteiger partial charge in [-0.05, 0) is 37.1 Å². The fourth-order valence-electron chi connectivity index (χ4n) is 2.20. The molecule has 0 atom stereocenters. The van der Waals surface area contributed by atoms with Gasteiger partial charge in [-0.25, -0.2) is 4.79 Å². The number of hydrogen-bond acceptors (Lipinski definition) is 5.